The average molecular weight is 328 g/mol. The van der Waals surface area contributed by atoms with E-state index >= 15 is 0 Å². The molecule has 0 radical (unpaired) electrons. The maximum atomic E-state index is 10.3. The fourth-order valence-corrected chi connectivity index (χ4v) is 3.01. The lowest BCUT2D eigenvalue weighted by atomic mass is 10.0. The molecule has 2 aromatic rings. The van der Waals surface area contributed by atoms with E-state index in [0.29, 0.717) is 6.04 Å². The van der Waals surface area contributed by atoms with Crippen LogP contribution in [0.1, 0.15) is 46.2 Å². The highest BCUT2D eigenvalue weighted by atomic mass is 16.4. The second-order valence-electron chi connectivity index (χ2n) is 6.09. The largest absolute Gasteiger partial charge is 0.507 e. The van der Waals surface area contributed by atoms with Crippen LogP contribution in [0.5, 0.6) is 5.75 Å². The molecule has 1 saturated heterocycles. The number of hydrogen-bond donors (Lipinski definition) is 2. The van der Waals surface area contributed by atoms with Gasteiger partial charge in [0.05, 0.1) is 0 Å². The quantitative estimate of drug-likeness (QED) is 0.882. The Kier molecular flexibility index (Phi) is 5.93. The van der Waals surface area contributed by atoms with Gasteiger partial charge in [-0.15, -0.1) is 0 Å². The van der Waals surface area contributed by atoms with Crippen molar-refractivity contribution in [3.8, 4) is 5.75 Å². The number of rotatable bonds is 2. The zero-order valence-corrected chi connectivity index (χ0v) is 14.4. The number of aromatic carboxylic acids is 1. The van der Waals surface area contributed by atoms with Gasteiger partial charge in [-0.1, -0.05) is 18.2 Å². The summed E-state index contributed by atoms with van der Waals surface area (Å²) < 4.78 is 0. The van der Waals surface area contributed by atoms with Gasteiger partial charge in [0.25, 0.3) is 0 Å². The molecule has 24 heavy (non-hydrogen) atoms. The number of pyridine rings is 1. The van der Waals surface area contributed by atoms with Crippen molar-refractivity contribution >= 4 is 5.97 Å². The van der Waals surface area contributed by atoms with Crippen molar-refractivity contribution in [2.75, 3.05) is 13.6 Å². The molecule has 1 aliphatic rings. The normalized spacial score (nSPS) is 17.2. The first-order chi connectivity index (χ1) is 11.4. The zero-order valence-electron chi connectivity index (χ0n) is 14.4. The number of carboxylic acid groups (broad SMARTS) is 1. The van der Waals surface area contributed by atoms with E-state index in [9.17, 15) is 4.79 Å². The Hall–Kier alpha value is -2.40. The van der Waals surface area contributed by atoms with Gasteiger partial charge in [-0.25, -0.2) is 4.79 Å². The lowest BCUT2D eigenvalue weighted by Crippen LogP contribution is -2.18. The molecule has 2 N–H and O–H groups in total. The summed E-state index contributed by atoms with van der Waals surface area (Å²) in [6.07, 6.45) is 2.59. The molecule has 3 rings (SSSR count). The van der Waals surface area contributed by atoms with Crippen molar-refractivity contribution in [3.05, 3.63) is 58.9 Å². The molecule has 0 bridgehead atoms. The molecule has 1 aromatic heterocycles. The first-order valence-corrected chi connectivity index (χ1v) is 8.06. The van der Waals surface area contributed by atoms with Gasteiger partial charge in [-0.3, -0.25) is 9.88 Å². The summed E-state index contributed by atoms with van der Waals surface area (Å²) in [5, 5.41) is 17.3. The Morgan fingerprint density at radius 1 is 1.21 bits per heavy atom. The number of carbonyl (C=O) groups is 1. The maximum Gasteiger partial charge on any atom is 0.339 e. The zero-order chi connectivity index (χ0) is 17.7. The lowest BCUT2D eigenvalue weighted by molar-refractivity contribution is 0.0693. The van der Waals surface area contributed by atoms with Crippen molar-refractivity contribution in [2.45, 2.75) is 32.7 Å². The van der Waals surface area contributed by atoms with Crippen LogP contribution in [0.4, 0.5) is 0 Å². The summed E-state index contributed by atoms with van der Waals surface area (Å²) in [5.74, 6) is -1.31. The van der Waals surface area contributed by atoms with Crippen molar-refractivity contribution in [1.82, 2.24) is 9.88 Å². The fraction of sp³-hybridized carbons (Fsp3) is 0.368. The Balaban J connectivity index is 0.000000185. The van der Waals surface area contributed by atoms with Crippen molar-refractivity contribution < 1.29 is 15.0 Å². The molecule has 0 amide bonds. The average Bonchev–Trinajstić information content (AvgIpc) is 2.94. The van der Waals surface area contributed by atoms with Crippen molar-refractivity contribution in [1.29, 1.82) is 0 Å². The second-order valence-corrected chi connectivity index (χ2v) is 6.09. The maximum absolute atomic E-state index is 10.3. The highest BCUT2D eigenvalue weighted by Crippen LogP contribution is 2.31. The summed E-state index contributed by atoms with van der Waals surface area (Å²) in [6.45, 7) is 5.39. The van der Waals surface area contributed by atoms with E-state index in [1.54, 1.807) is 12.1 Å². The third-order valence-electron chi connectivity index (χ3n) is 4.28. The third kappa shape index (κ3) is 4.32. The summed E-state index contributed by atoms with van der Waals surface area (Å²) in [6, 6.07) is 10.8. The number of carboxylic acids is 1. The van der Waals surface area contributed by atoms with Gasteiger partial charge in [0.1, 0.15) is 11.3 Å². The number of phenols is 1. The van der Waals surface area contributed by atoms with Crippen molar-refractivity contribution in [3.63, 3.8) is 0 Å². The second kappa shape index (κ2) is 7.93. The molecule has 5 heteroatoms. The fourth-order valence-electron chi connectivity index (χ4n) is 3.01. The van der Waals surface area contributed by atoms with Gasteiger partial charge >= 0.3 is 5.97 Å². The first-order valence-electron chi connectivity index (χ1n) is 8.06. The van der Waals surface area contributed by atoms with Gasteiger partial charge in [-0.2, -0.15) is 0 Å². The molecule has 1 aromatic carbocycles. The third-order valence-corrected chi connectivity index (χ3v) is 4.28. The molecular formula is C19H24N2O3. The highest BCUT2D eigenvalue weighted by Gasteiger charge is 2.23. The van der Waals surface area contributed by atoms with Gasteiger partial charge in [0, 0.05) is 17.4 Å². The minimum Gasteiger partial charge on any atom is -0.507 e. The van der Waals surface area contributed by atoms with E-state index in [4.69, 9.17) is 10.2 Å². The Labute approximate surface area is 142 Å². The van der Waals surface area contributed by atoms with Crippen LogP contribution < -0.4 is 0 Å². The Bertz CT molecular complexity index is 716. The lowest BCUT2D eigenvalue weighted by Gasteiger charge is -2.21. The summed E-state index contributed by atoms with van der Waals surface area (Å²) in [7, 11) is 2.21. The highest BCUT2D eigenvalue weighted by molar-refractivity contribution is 5.90. The molecule has 0 saturated carbocycles. The molecule has 1 atom stereocenters. The van der Waals surface area contributed by atoms with E-state index < -0.39 is 5.97 Å². The van der Waals surface area contributed by atoms with Crippen LogP contribution in [0.25, 0.3) is 0 Å². The molecule has 1 aliphatic heterocycles. The van der Waals surface area contributed by atoms with Crippen LogP contribution in [0, 0.1) is 13.8 Å². The molecule has 5 nitrogen and oxygen atoms in total. The van der Waals surface area contributed by atoms with Gasteiger partial charge in [0.2, 0.25) is 0 Å². The number of para-hydroxylation sites is 1. The van der Waals surface area contributed by atoms with Crippen molar-refractivity contribution in [2.24, 2.45) is 0 Å². The van der Waals surface area contributed by atoms with E-state index in [1.807, 2.05) is 0 Å². The molecule has 0 unspecified atom stereocenters. The molecule has 0 aliphatic carbocycles. The summed E-state index contributed by atoms with van der Waals surface area (Å²) >= 11 is 0. The molecule has 2 heterocycles. The topological polar surface area (TPSA) is 73.7 Å². The predicted octanol–water partition coefficient (Wildman–Crippen LogP) is 3.56. The monoisotopic (exact) mass is 328 g/mol. The Morgan fingerprint density at radius 3 is 2.42 bits per heavy atom. The number of hydrogen-bond acceptors (Lipinski definition) is 4. The Morgan fingerprint density at radius 2 is 1.92 bits per heavy atom. The summed E-state index contributed by atoms with van der Waals surface area (Å²) in [5.41, 5.74) is 3.66. The van der Waals surface area contributed by atoms with Gasteiger partial charge < -0.3 is 10.2 Å². The number of aryl methyl sites for hydroxylation is 2. The van der Waals surface area contributed by atoms with E-state index in [2.05, 4.69) is 42.9 Å². The first kappa shape index (κ1) is 17.9. The minimum atomic E-state index is -1.11. The number of nitrogens with zero attached hydrogens (tertiary/aromatic N) is 2. The van der Waals surface area contributed by atoms with Crippen LogP contribution >= 0.6 is 0 Å². The molecule has 1 fully saturated rings. The standard InChI is InChI=1S/C12H18N2.C7H6O3/c1-9-6-7-11(10(2)13-9)12-5-4-8-14(12)3;8-6-4-2-1-3-5(6)7(9)10/h6-7,12H,4-5,8H2,1-3H3;1-4,8H,(H,9,10)/t12-;/m0./s1. The minimum absolute atomic E-state index is 0.0671. The van der Waals surface area contributed by atoms with Gasteiger partial charge in [0.15, 0.2) is 0 Å². The molecular weight excluding hydrogens is 304 g/mol. The van der Waals surface area contributed by atoms with E-state index in [-0.39, 0.29) is 11.3 Å². The SMILES string of the molecule is Cc1ccc([C@@H]2CCCN2C)c(C)n1.O=C(O)c1ccccc1O. The van der Waals surface area contributed by atoms with Crippen LogP contribution in [-0.2, 0) is 0 Å². The predicted molar refractivity (Wildman–Crippen MR) is 93.4 cm³/mol. The van der Waals surface area contributed by atoms with Crippen LogP contribution in [0.3, 0.4) is 0 Å². The molecule has 0 spiro atoms. The number of benzene rings is 1. The number of aromatic nitrogens is 1. The van der Waals surface area contributed by atoms with Crippen LogP contribution in [-0.4, -0.2) is 39.7 Å². The van der Waals surface area contributed by atoms with Gasteiger partial charge in [-0.05, 0) is 64.0 Å². The van der Waals surface area contributed by atoms with E-state index in [0.717, 1.165) is 5.69 Å². The van der Waals surface area contributed by atoms with Crippen LogP contribution in [0.2, 0.25) is 0 Å². The number of aromatic hydroxyl groups is 1. The molecule has 128 valence electrons. The number of likely N-dealkylation sites (tertiary alicyclic amines) is 1. The smallest absolute Gasteiger partial charge is 0.339 e. The van der Waals surface area contributed by atoms with E-state index in [1.165, 1.54) is 42.8 Å². The summed E-state index contributed by atoms with van der Waals surface area (Å²) in [4.78, 5) is 17.2. The van der Waals surface area contributed by atoms with Crippen LogP contribution in [0.15, 0.2) is 36.4 Å².